The van der Waals surface area contributed by atoms with E-state index in [2.05, 4.69) is 0 Å². The van der Waals surface area contributed by atoms with E-state index in [1.807, 2.05) is 13.8 Å². The Labute approximate surface area is 178 Å². The molecule has 2 atom stereocenters. The van der Waals surface area contributed by atoms with Crippen molar-refractivity contribution < 1.29 is 28.5 Å². The first kappa shape index (κ1) is 23.3. The normalized spacial score (nSPS) is 12.6. The van der Waals surface area contributed by atoms with Gasteiger partial charge in [-0.2, -0.15) is 0 Å². The number of benzene rings is 2. The molecule has 0 saturated heterocycles. The lowest BCUT2D eigenvalue weighted by Crippen LogP contribution is -2.26. The molecule has 0 fully saturated rings. The van der Waals surface area contributed by atoms with Gasteiger partial charge in [-0.3, -0.25) is 9.59 Å². The zero-order valence-electron chi connectivity index (χ0n) is 18.5. The van der Waals surface area contributed by atoms with Crippen LogP contribution in [0.2, 0.25) is 0 Å². The molecule has 2 rings (SSSR count). The minimum Gasteiger partial charge on any atom is -0.493 e. The molecule has 0 spiro atoms. The van der Waals surface area contributed by atoms with Crippen molar-refractivity contribution in [2.24, 2.45) is 11.8 Å². The number of ketones is 2. The highest BCUT2D eigenvalue weighted by molar-refractivity contribution is 6.05. The predicted octanol–water partition coefficient (Wildman–Crippen LogP) is 4.84. The Hall–Kier alpha value is -3.02. The van der Waals surface area contributed by atoms with Crippen molar-refractivity contribution >= 4 is 11.6 Å². The van der Waals surface area contributed by atoms with Gasteiger partial charge in [0.1, 0.15) is 0 Å². The van der Waals surface area contributed by atoms with E-state index in [4.69, 9.17) is 18.9 Å². The standard InChI is InChI=1S/C24H30O6/c1-7-29-19-11-9-17(13-21(19)27-5)23(25)15(3)16(4)24(26)18-10-12-20(30-8-2)22(14-18)28-6/h9-16H,7-8H2,1-6H3. The molecule has 6 heteroatoms. The van der Waals surface area contributed by atoms with Crippen LogP contribution in [0.15, 0.2) is 36.4 Å². The summed E-state index contributed by atoms with van der Waals surface area (Å²) >= 11 is 0. The van der Waals surface area contributed by atoms with E-state index in [0.29, 0.717) is 47.3 Å². The quantitative estimate of drug-likeness (QED) is 0.490. The number of hydrogen-bond donors (Lipinski definition) is 0. The lowest BCUT2D eigenvalue weighted by atomic mass is 9.83. The second kappa shape index (κ2) is 10.7. The van der Waals surface area contributed by atoms with Crippen LogP contribution in [0.4, 0.5) is 0 Å². The van der Waals surface area contributed by atoms with Crippen LogP contribution in [-0.4, -0.2) is 39.0 Å². The van der Waals surface area contributed by atoms with Crippen molar-refractivity contribution in [3.05, 3.63) is 47.5 Å². The van der Waals surface area contributed by atoms with Crippen molar-refractivity contribution in [3.8, 4) is 23.0 Å². The van der Waals surface area contributed by atoms with E-state index < -0.39 is 11.8 Å². The molecule has 2 aromatic rings. The second-order valence-electron chi connectivity index (χ2n) is 6.90. The molecule has 6 nitrogen and oxygen atoms in total. The Morgan fingerprint density at radius 1 is 0.700 bits per heavy atom. The second-order valence-corrected chi connectivity index (χ2v) is 6.90. The number of methoxy groups -OCH3 is 2. The minimum absolute atomic E-state index is 0.130. The predicted molar refractivity (Wildman–Crippen MR) is 115 cm³/mol. The number of Topliss-reactive ketones (excluding diaryl/α,β-unsaturated/α-hetero) is 2. The van der Waals surface area contributed by atoms with Crippen LogP contribution in [0.3, 0.4) is 0 Å². The molecule has 0 aliphatic carbocycles. The molecule has 0 bridgehead atoms. The molecular formula is C24H30O6. The Morgan fingerprint density at radius 3 is 1.37 bits per heavy atom. The van der Waals surface area contributed by atoms with Crippen LogP contribution >= 0.6 is 0 Å². The Morgan fingerprint density at radius 2 is 1.07 bits per heavy atom. The molecule has 0 aromatic heterocycles. The summed E-state index contributed by atoms with van der Waals surface area (Å²) < 4.78 is 21.7. The number of rotatable bonds is 11. The lowest BCUT2D eigenvalue weighted by molar-refractivity contribution is 0.0793. The summed E-state index contributed by atoms with van der Waals surface area (Å²) in [6, 6.07) is 10.1. The molecule has 2 unspecified atom stereocenters. The molecular weight excluding hydrogens is 384 g/mol. The van der Waals surface area contributed by atoms with Crippen LogP contribution in [0.25, 0.3) is 0 Å². The SMILES string of the molecule is CCOc1ccc(C(=O)C(C)C(C)C(=O)c2ccc(OCC)c(OC)c2)cc1OC. The van der Waals surface area contributed by atoms with Gasteiger partial charge in [0, 0.05) is 23.0 Å². The Balaban J connectivity index is 2.23. The average molecular weight is 414 g/mol. The van der Waals surface area contributed by atoms with Crippen LogP contribution in [0, 0.1) is 11.8 Å². The van der Waals surface area contributed by atoms with E-state index in [-0.39, 0.29) is 11.6 Å². The van der Waals surface area contributed by atoms with Crippen molar-refractivity contribution in [1.82, 2.24) is 0 Å². The smallest absolute Gasteiger partial charge is 0.166 e. The number of carbonyl (C=O) groups is 2. The molecule has 0 radical (unpaired) electrons. The molecule has 0 N–H and O–H groups in total. The number of carbonyl (C=O) groups excluding carboxylic acids is 2. The highest BCUT2D eigenvalue weighted by Gasteiger charge is 2.29. The average Bonchev–Trinajstić information content (AvgIpc) is 2.77. The number of hydrogen-bond acceptors (Lipinski definition) is 6. The van der Waals surface area contributed by atoms with Crippen LogP contribution in [0.1, 0.15) is 48.4 Å². The highest BCUT2D eigenvalue weighted by Crippen LogP contribution is 2.32. The molecule has 2 aromatic carbocycles. The van der Waals surface area contributed by atoms with Gasteiger partial charge < -0.3 is 18.9 Å². The first-order valence-corrected chi connectivity index (χ1v) is 10.1. The minimum atomic E-state index is -0.516. The van der Waals surface area contributed by atoms with Gasteiger partial charge in [0.05, 0.1) is 27.4 Å². The fourth-order valence-corrected chi connectivity index (χ4v) is 3.17. The van der Waals surface area contributed by atoms with Crippen LogP contribution in [-0.2, 0) is 0 Å². The Kier molecular flexibility index (Phi) is 8.27. The van der Waals surface area contributed by atoms with Crippen LogP contribution in [0.5, 0.6) is 23.0 Å². The molecule has 0 saturated carbocycles. The monoisotopic (exact) mass is 414 g/mol. The van der Waals surface area contributed by atoms with Gasteiger partial charge in [-0.05, 0) is 50.2 Å². The van der Waals surface area contributed by atoms with Gasteiger partial charge in [-0.1, -0.05) is 13.8 Å². The van der Waals surface area contributed by atoms with E-state index in [1.165, 1.54) is 14.2 Å². The summed E-state index contributed by atoms with van der Waals surface area (Å²) in [5, 5.41) is 0. The maximum absolute atomic E-state index is 13.0. The van der Waals surface area contributed by atoms with Crippen molar-refractivity contribution in [3.63, 3.8) is 0 Å². The molecule has 0 amide bonds. The van der Waals surface area contributed by atoms with E-state index in [9.17, 15) is 9.59 Å². The first-order valence-electron chi connectivity index (χ1n) is 10.1. The van der Waals surface area contributed by atoms with E-state index >= 15 is 0 Å². The number of ether oxygens (including phenoxy) is 4. The zero-order chi connectivity index (χ0) is 22.3. The van der Waals surface area contributed by atoms with Crippen molar-refractivity contribution in [1.29, 1.82) is 0 Å². The van der Waals surface area contributed by atoms with Crippen molar-refractivity contribution in [2.45, 2.75) is 27.7 Å². The van der Waals surface area contributed by atoms with Crippen LogP contribution < -0.4 is 18.9 Å². The Bertz CT molecular complexity index is 816. The van der Waals surface area contributed by atoms with Gasteiger partial charge >= 0.3 is 0 Å². The summed E-state index contributed by atoms with van der Waals surface area (Å²) in [5.74, 6) is 0.848. The summed E-state index contributed by atoms with van der Waals surface area (Å²) in [6.45, 7) is 8.28. The topological polar surface area (TPSA) is 71.1 Å². The van der Waals surface area contributed by atoms with Gasteiger partial charge in [0.15, 0.2) is 34.6 Å². The third kappa shape index (κ3) is 5.12. The van der Waals surface area contributed by atoms with E-state index in [0.717, 1.165) is 0 Å². The first-order chi connectivity index (χ1) is 14.4. The van der Waals surface area contributed by atoms with Gasteiger partial charge in [-0.15, -0.1) is 0 Å². The van der Waals surface area contributed by atoms with E-state index in [1.54, 1.807) is 50.2 Å². The summed E-state index contributed by atoms with van der Waals surface area (Å²) in [6.07, 6.45) is 0. The fraction of sp³-hybridized carbons (Fsp3) is 0.417. The highest BCUT2D eigenvalue weighted by atomic mass is 16.5. The van der Waals surface area contributed by atoms with Gasteiger partial charge in [0.25, 0.3) is 0 Å². The molecule has 162 valence electrons. The molecule has 30 heavy (non-hydrogen) atoms. The summed E-state index contributed by atoms with van der Waals surface area (Å²) in [4.78, 5) is 26.1. The molecule has 0 aliphatic heterocycles. The fourth-order valence-electron chi connectivity index (χ4n) is 3.17. The third-order valence-corrected chi connectivity index (χ3v) is 5.07. The summed E-state index contributed by atoms with van der Waals surface area (Å²) in [5.41, 5.74) is 0.957. The van der Waals surface area contributed by atoms with Gasteiger partial charge in [-0.25, -0.2) is 0 Å². The zero-order valence-corrected chi connectivity index (χ0v) is 18.5. The largest absolute Gasteiger partial charge is 0.493 e. The van der Waals surface area contributed by atoms with Crippen molar-refractivity contribution in [2.75, 3.05) is 27.4 Å². The molecule has 0 heterocycles. The maximum atomic E-state index is 13.0. The third-order valence-electron chi connectivity index (χ3n) is 5.07. The van der Waals surface area contributed by atoms with Gasteiger partial charge in [0.2, 0.25) is 0 Å². The molecule has 0 aliphatic rings. The maximum Gasteiger partial charge on any atom is 0.166 e. The summed E-state index contributed by atoms with van der Waals surface area (Å²) in [7, 11) is 3.06. The lowest BCUT2D eigenvalue weighted by Gasteiger charge is -2.19.